The highest BCUT2D eigenvalue weighted by molar-refractivity contribution is 7.17. The molecule has 0 saturated carbocycles. The number of carbonyl (C=O) groups excluding carboxylic acids is 1. The Labute approximate surface area is 160 Å². The molecule has 0 aliphatic carbocycles. The van der Waals surface area contributed by atoms with E-state index in [1.165, 1.54) is 5.56 Å². The maximum Gasteiger partial charge on any atom is 0.272 e. The third-order valence-corrected chi connectivity index (χ3v) is 5.43. The van der Waals surface area contributed by atoms with Gasteiger partial charge in [-0.3, -0.25) is 4.79 Å². The van der Waals surface area contributed by atoms with E-state index in [1.807, 2.05) is 24.3 Å². The first-order chi connectivity index (χ1) is 12.7. The molecule has 0 atom stereocenters. The van der Waals surface area contributed by atoms with Gasteiger partial charge in [0.15, 0.2) is 0 Å². The molecule has 4 aromatic rings. The number of hydrogen-bond donors (Lipinski definition) is 1. The monoisotopic (exact) mass is 380 g/mol. The lowest BCUT2D eigenvalue weighted by atomic mass is 10.1. The average molecular weight is 381 g/mol. The predicted octanol–water partition coefficient (Wildman–Crippen LogP) is 5.85. The second kappa shape index (κ2) is 7.36. The quantitative estimate of drug-likeness (QED) is 0.463. The van der Waals surface area contributed by atoms with Gasteiger partial charge in [0, 0.05) is 17.3 Å². The van der Waals surface area contributed by atoms with E-state index in [0.29, 0.717) is 10.7 Å². The molecule has 26 heavy (non-hydrogen) atoms. The molecule has 0 fully saturated rings. The van der Waals surface area contributed by atoms with Crippen LogP contribution >= 0.6 is 22.9 Å². The maximum atomic E-state index is 12.8. The van der Waals surface area contributed by atoms with Crippen LogP contribution < -0.4 is 5.32 Å². The Morgan fingerprint density at radius 2 is 1.81 bits per heavy atom. The normalized spacial score (nSPS) is 11.0. The number of rotatable bonds is 5. The predicted molar refractivity (Wildman–Crippen MR) is 109 cm³/mol. The van der Waals surface area contributed by atoms with Gasteiger partial charge in [-0.2, -0.15) is 0 Å². The SMILES string of the molecule is O=C(Nc1ccc(Cl)cc1)c1cc2sccc2n1CCc1ccccc1. The van der Waals surface area contributed by atoms with Crippen LogP contribution in [0.25, 0.3) is 10.2 Å². The van der Waals surface area contributed by atoms with Gasteiger partial charge in [0.25, 0.3) is 5.91 Å². The van der Waals surface area contributed by atoms with Crippen molar-refractivity contribution in [3.63, 3.8) is 0 Å². The third kappa shape index (κ3) is 3.52. The van der Waals surface area contributed by atoms with Crippen LogP contribution in [0.4, 0.5) is 5.69 Å². The molecule has 130 valence electrons. The van der Waals surface area contributed by atoms with E-state index >= 15 is 0 Å². The molecular weight excluding hydrogens is 364 g/mol. The fourth-order valence-corrected chi connectivity index (χ4v) is 3.97. The Morgan fingerprint density at radius 1 is 1.04 bits per heavy atom. The van der Waals surface area contributed by atoms with E-state index in [2.05, 4.69) is 33.5 Å². The number of benzene rings is 2. The number of aromatic nitrogens is 1. The van der Waals surface area contributed by atoms with E-state index in [4.69, 9.17) is 11.6 Å². The lowest BCUT2D eigenvalue weighted by Gasteiger charge is -2.11. The van der Waals surface area contributed by atoms with Crippen LogP contribution in [0.1, 0.15) is 16.1 Å². The summed E-state index contributed by atoms with van der Waals surface area (Å²) in [5.74, 6) is -0.108. The lowest BCUT2D eigenvalue weighted by Crippen LogP contribution is -2.17. The van der Waals surface area contributed by atoms with Crippen molar-refractivity contribution in [2.75, 3.05) is 5.32 Å². The van der Waals surface area contributed by atoms with Crippen LogP contribution in [0, 0.1) is 0 Å². The van der Waals surface area contributed by atoms with E-state index < -0.39 is 0 Å². The summed E-state index contributed by atoms with van der Waals surface area (Å²) in [5.41, 5.74) is 3.78. The minimum absolute atomic E-state index is 0.108. The van der Waals surface area contributed by atoms with E-state index in [0.717, 1.165) is 28.9 Å². The molecule has 0 saturated heterocycles. The van der Waals surface area contributed by atoms with Gasteiger partial charge >= 0.3 is 0 Å². The molecule has 2 heterocycles. The number of nitrogens with zero attached hydrogens (tertiary/aromatic N) is 1. The number of nitrogens with one attached hydrogen (secondary N) is 1. The van der Waals surface area contributed by atoms with Crippen molar-refractivity contribution in [1.29, 1.82) is 0 Å². The Hall–Kier alpha value is -2.56. The van der Waals surface area contributed by atoms with Crippen LogP contribution in [0.15, 0.2) is 72.1 Å². The number of anilines is 1. The summed E-state index contributed by atoms with van der Waals surface area (Å²) in [7, 11) is 0. The van der Waals surface area contributed by atoms with Gasteiger partial charge in [0.1, 0.15) is 5.69 Å². The molecule has 5 heteroatoms. The minimum atomic E-state index is -0.108. The van der Waals surface area contributed by atoms with Crippen molar-refractivity contribution < 1.29 is 4.79 Å². The molecule has 0 radical (unpaired) electrons. The zero-order valence-corrected chi connectivity index (χ0v) is 15.6. The summed E-state index contributed by atoms with van der Waals surface area (Å²) in [6.45, 7) is 0.758. The highest BCUT2D eigenvalue weighted by Gasteiger charge is 2.16. The average Bonchev–Trinajstić information content (AvgIpc) is 3.24. The number of hydrogen-bond acceptors (Lipinski definition) is 2. The largest absolute Gasteiger partial charge is 0.335 e. The number of halogens is 1. The smallest absolute Gasteiger partial charge is 0.272 e. The second-order valence-electron chi connectivity index (χ2n) is 6.05. The molecule has 2 aromatic heterocycles. The van der Waals surface area contributed by atoms with Gasteiger partial charge in [0.05, 0.1) is 10.2 Å². The van der Waals surface area contributed by atoms with Gasteiger partial charge < -0.3 is 9.88 Å². The molecule has 1 amide bonds. The van der Waals surface area contributed by atoms with Crippen molar-refractivity contribution in [2.45, 2.75) is 13.0 Å². The zero-order chi connectivity index (χ0) is 17.9. The van der Waals surface area contributed by atoms with Crippen molar-refractivity contribution in [2.24, 2.45) is 0 Å². The van der Waals surface area contributed by atoms with Crippen LogP contribution in [0.2, 0.25) is 5.02 Å². The van der Waals surface area contributed by atoms with Gasteiger partial charge in [-0.25, -0.2) is 0 Å². The first-order valence-electron chi connectivity index (χ1n) is 8.38. The van der Waals surface area contributed by atoms with Gasteiger partial charge in [-0.15, -0.1) is 11.3 Å². The minimum Gasteiger partial charge on any atom is -0.335 e. The van der Waals surface area contributed by atoms with Gasteiger partial charge in [0.2, 0.25) is 0 Å². The molecular formula is C21H17ClN2OS. The van der Waals surface area contributed by atoms with Crippen molar-refractivity contribution in [3.8, 4) is 0 Å². The molecule has 0 spiro atoms. The van der Waals surface area contributed by atoms with Crippen molar-refractivity contribution in [3.05, 3.63) is 88.4 Å². The zero-order valence-electron chi connectivity index (χ0n) is 14.0. The molecule has 4 rings (SSSR count). The van der Waals surface area contributed by atoms with Crippen LogP contribution in [0.5, 0.6) is 0 Å². The molecule has 2 aromatic carbocycles. The van der Waals surface area contributed by atoms with Gasteiger partial charge in [-0.1, -0.05) is 41.9 Å². The maximum absolute atomic E-state index is 12.8. The summed E-state index contributed by atoms with van der Waals surface area (Å²) in [6, 6.07) is 21.5. The molecule has 0 bridgehead atoms. The number of fused-ring (bicyclic) bond motifs is 1. The topological polar surface area (TPSA) is 34.0 Å². The Balaban J connectivity index is 1.60. The Morgan fingerprint density at radius 3 is 2.58 bits per heavy atom. The highest BCUT2D eigenvalue weighted by Crippen LogP contribution is 2.26. The highest BCUT2D eigenvalue weighted by atomic mass is 35.5. The molecule has 0 unspecified atom stereocenters. The molecule has 1 N–H and O–H groups in total. The van der Waals surface area contributed by atoms with Gasteiger partial charge in [-0.05, 0) is 53.8 Å². The number of aryl methyl sites for hydroxylation is 2. The summed E-state index contributed by atoms with van der Waals surface area (Å²) in [6.07, 6.45) is 0.877. The standard InChI is InChI=1S/C21H17ClN2OS/c22-16-6-8-17(9-7-16)23-21(25)19-14-20-18(11-13-26-20)24(19)12-10-15-4-2-1-3-5-15/h1-9,11,13-14H,10,12H2,(H,23,25). The van der Waals surface area contributed by atoms with Crippen LogP contribution in [0.3, 0.4) is 0 Å². The first kappa shape index (κ1) is 16.9. The molecule has 0 aliphatic heterocycles. The van der Waals surface area contributed by atoms with Crippen LogP contribution in [-0.4, -0.2) is 10.5 Å². The number of amides is 1. The van der Waals surface area contributed by atoms with E-state index in [9.17, 15) is 4.79 Å². The summed E-state index contributed by atoms with van der Waals surface area (Å²) >= 11 is 7.56. The molecule has 3 nitrogen and oxygen atoms in total. The summed E-state index contributed by atoms with van der Waals surface area (Å²) in [5, 5.41) is 5.67. The van der Waals surface area contributed by atoms with Crippen LogP contribution in [-0.2, 0) is 13.0 Å². The second-order valence-corrected chi connectivity index (χ2v) is 7.43. The van der Waals surface area contributed by atoms with E-state index in [1.54, 1.807) is 35.6 Å². The Kier molecular flexibility index (Phi) is 4.78. The fraction of sp³-hybridized carbons (Fsp3) is 0.0952. The lowest BCUT2D eigenvalue weighted by molar-refractivity contribution is 0.101. The van der Waals surface area contributed by atoms with Crippen molar-refractivity contribution in [1.82, 2.24) is 4.57 Å². The molecule has 0 aliphatic rings. The van der Waals surface area contributed by atoms with Crippen molar-refractivity contribution >= 4 is 44.7 Å². The third-order valence-electron chi connectivity index (χ3n) is 4.32. The first-order valence-corrected chi connectivity index (χ1v) is 9.64. The fourth-order valence-electron chi connectivity index (χ4n) is 3.02. The number of carbonyl (C=O) groups is 1. The Bertz CT molecular complexity index is 1040. The van der Waals surface area contributed by atoms with E-state index in [-0.39, 0.29) is 5.91 Å². The summed E-state index contributed by atoms with van der Waals surface area (Å²) in [4.78, 5) is 12.8. The number of thiophene rings is 1. The summed E-state index contributed by atoms with van der Waals surface area (Å²) < 4.78 is 3.23.